The first-order chi connectivity index (χ1) is 15.3. The first-order valence-corrected chi connectivity index (χ1v) is 13.2. The Kier molecular flexibility index (Phi) is 5.04. The van der Waals surface area contributed by atoms with E-state index < -0.39 is 7.14 Å². The molecule has 0 unspecified atom stereocenters. The van der Waals surface area contributed by atoms with Crippen LogP contribution in [0.15, 0.2) is 79.1 Å². The minimum atomic E-state index is -2.27. The molecule has 0 saturated heterocycles. The summed E-state index contributed by atoms with van der Waals surface area (Å²) < 4.78 is 14.3. The van der Waals surface area contributed by atoms with Gasteiger partial charge in [-0.3, -0.25) is 4.40 Å². The number of hydrogen-bond acceptors (Lipinski definition) is 4. The molecule has 32 heavy (non-hydrogen) atoms. The monoisotopic (exact) mass is 460 g/mol. The van der Waals surface area contributed by atoms with Gasteiger partial charge >= 0.3 is 0 Å². The third kappa shape index (κ3) is 3.68. The van der Waals surface area contributed by atoms with E-state index in [1.165, 1.54) is 0 Å². The maximum absolute atomic E-state index is 12.3. The van der Waals surface area contributed by atoms with Crippen LogP contribution in [0.25, 0.3) is 27.7 Å². The van der Waals surface area contributed by atoms with Crippen LogP contribution in [-0.4, -0.2) is 35.0 Å². The van der Waals surface area contributed by atoms with E-state index in [0.29, 0.717) is 5.02 Å². The molecular weight excluding hydrogens is 439 g/mol. The van der Waals surface area contributed by atoms with Gasteiger partial charge in [-0.1, -0.05) is 48.0 Å². The predicted molar refractivity (Wildman–Crippen MR) is 135 cm³/mol. The molecule has 160 valence electrons. The fourth-order valence-electron chi connectivity index (χ4n) is 3.97. The van der Waals surface area contributed by atoms with Gasteiger partial charge in [0, 0.05) is 34.5 Å². The minimum absolute atomic E-state index is 0.668. The van der Waals surface area contributed by atoms with Gasteiger partial charge in [0.25, 0.3) is 0 Å². The quantitative estimate of drug-likeness (QED) is 0.299. The number of benzene rings is 3. The van der Waals surface area contributed by atoms with Crippen molar-refractivity contribution in [2.75, 3.05) is 25.3 Å². The third-order valence-electron chi connectivity index (χ3n) is 5.75. The topological polar surface area (TPSA) is 50.5 Å². The molecule has 0 atom stereocenters. The van der Waals surface area contributed by atoms with E-state index in [9.17, 15) is 4.57 Å². The second-order valence-electron chi connectivity index (χ2n) is 8.26. The number of nitrogens with zero attached hydrogens (tertiary/aromatic N) is 4. The first kappa shape index (κ1) is 20.7. The van der Waals surface area contributed by atoms with Gasteiger partial charge < -0.3 is 9.46 Å². The highest BCUT2D eigenvalue weighted by Crippen LogP contribution is 2.37. The summed E-state index contributed by atoms with van der Waals surface area (Å²) in [7, 11) is -0.223. The first-order valence-electron chi connectivity index (χ1n) is 10.2. The Labute approximate surface area is 191 Å². The van der Waals surface area contributed by atoms with Crippen molar-refractivity contribution in [1.82, 2.24) is 14.6 Å². The molecule has 0 aliphatic rings. The van der Waals surface area contributed by atoms with E-state index >= 15 is 0 Å². The Balaban J connectivity index is 1.59. The molecule has 5 aromatic rings. The SMILES string of the molecule is CN(c1cccc(-c2ccc(P(C)(C)=O)cc2)c1)c1cc2nncn2c2cc(Cl)ccc12. The summed E-state index contributed by atoms with van der Waals surface area (Å²) >= 11 is 6.28. The second-order valence-corrected chi connectivity index (χ2v) is 11.9. The Morgan fingerprint density at radius 1 is 0.938 bits per heavy atom. The normalized spacial score (nSPS) is 11.9. The minimum Gasteiger partial charge on any atom is -0.344 e. The molecule has 0 aliphatic carbocycles. The number of fused-ring (bicyclic) bond motifs is 3. The fourth-order valence-corrected chi connectivity index (χ4v) is 5.01. The molecular formula is C25H22ClN4OP. The summed E-state index contributed by atoms with van der Waals surface area (Å²) in [6, 6.07) is 24.3. The van der Waals surface area contributed by atoms with Gasteiger partial charge in [-0.2, -0.15) is 0 Å². The summed E-state index contributed by atoms with van der Waals surface area (Å²) in [5.41, 5.74) is 5.96. The highest BCUT2D eigenvalue weighted by atomic mass is 35.5. The van der Waals surface area contributed by atoms with E-state index in [-0.39, 0.29) is 0 Å². The molecule has 0 N–H and O–H groups in total. The van der Waals surface area contributed by atoms with Crippen molar-refractivity contribution < 1.29 is 4.57 Å². The zero-order chi connectivity index (χ0) is 22.5. The van der Waals surface area contributed by atoms with E-state index in [4.69, 9.17) is 11.6 Å². The van der Waals surface area contributed by atoms with Crippen molar-refractivity contribution in [3.05, 3.63) is 84.1 Å². The lowest BCUT2D eigenvalue weighted by atomic mass is 10.0. The maximum atomic E-state index is 12.3. The van der Waals surface area contributed by atoms with Crippen molar-refractivity contribution in [1.29, 1.82) is 0 Å². The van der Waals surface area contributed by atoms with Crippen LogP contribution in [0.2, 0.25) is 5.02 Å². The van der Waals surface area contributed by atoms with E-state index in [0.717, 1.165) is 44.4 Å². The smallest absolute Gasteiger partial charge is 0.163 e. The molecule has 0 spiro atoms. The number of pyridine rings is 1. The van der Waals surface area contributed by atoms with Gasteiger partial charge in [0.15, 0.2) is 5.65 Å². The lowest BCUT2D eigenvalue weighted by molar-refractivity contribution is 0.588. The molecule has 0 saturated carbocycles. The molecule has 3 aromatic carbocycles. The van der Waals surface area contributed by atoms with Gasteiger partial charge in [-0.15, -0.1) is 10.2 Å². The van der Waals surface area contributed by atoms with Crippen molar-refractivity contribution in [3.63, 3.8) is 0 Å². The number of halogens is 1. The van der Waals surface area contributed by atoms with Crippen LogP contribution in [-0.2, 0) is 4.57 Å². The van der Waals surface area contributed by atoms with Crippen LogP contribution in [0.5, 0.6) is 0 Å². The van der Waals surface area contributed by atoms with Crippen LogP contribution < -0.4 is 10.2 Å². The Bertz CT molecular complexity index is 1500. The number of anilines is 2. The molecule has 0 bridgehead atoms. The third-order valence-corrected chi connectivity index (χ3v) is 7.53. The number of hydrogen-bond donors (Lipinski definition) is 0. The predicted octanol–water partition coefficient (Wildman–Crippen LogP) is 6.22. The average molecular weight is 461 g/mol. The molecule has 0 radical (unpaired) electrons. The van der Waals surface area contributed by atoms with Gasteiger partial charge in [0.2, 0.25) is 0 Å². The summed E-state index contributed by atoms with van der Waals surface area (Å²) in [5, 5.41) is 10.9. The highest BCUT2D eigenvalue weighted by molar-refractivity contribution is 7.70. The second kappa shape index (κ2) is 7.77. The summed E-state index contributed by atoms with van der Waals surface area (Å²) in [4.78, 5) is 2.15. The van der Waals surface area contributed by atoms with Gasteiger partial charge in [0.05, 0.1) is 11.2 Å². The van der Waals surface area contributed by atoms with Crippen molar-refractivity contribution >= 4 is 52.0 Å². The molecule has 2 heterocycles. The van der Waals surface area contributed by atoms with E-state index in [2.05, 4.69) is 33.3 Å². The zero-order valence-electron chi connectivity index (χ0n) is 18.0. The highest BCUT2D eigenvalue weighted by Gasteiger charge is 2.15. The van der Waals surface area contributed by atoms with E-state index in [1.807, 2.05) is 66.0 Å². The average Bonchev–Trinajstić information content (AvgIpc) is 3.26. The van der Waals surface area contributed by atoms with Crippen LogP contribution in [0, 0.1) is 0 Å². The molecule has 0 aliphatic heterocycles. The number of aromatic nitrogens is 3. The molecule has 0 fully saturated rings. The van der Waals surface area contributed by atoms with E-state index in [1.54, 1.807) is 19.7 Å². The fraction of sp³-hybridized carbons (Fsp3) is 0.120. The van der Waals surface area contributed by atoms with Crippen LogP contribution >= 0.6 is 18.7 Å². The van der Waals surface area contributed by atoms with Gasteiger partial charge in [-0.05, 0) is 54.8 Å². The summed E-state index contributed by atoms with van der Waals surface area (Å²) in [5.74, 6) is 0. The van der Waals surface area contributed by atoms with Gasteiger partial charge in [-0.25, -0.2) is 0 Å². The maximum Gasteiger partial charge on any atom is 0.163 e. The lowest BCUT2D eigenvalue weighted by Crippen LogP contribution is -2.11. The van der Waals surface area contributed by atoms with Crippen molar-refractivity contribution in [3.8, 4) is 11.1 Å². The largest absolute Gasteiger partial charge is 0.344 e. The molecule has 5 rings (SSSR count). The van der Waals surface area contributed by atoms with Crippen LogP contribution in [0.1, 0.15) is 0 Å². The summed E-state index contributed by atoms with van der Waals surface area (Å²) in [6.07, 6.45) is 1.70. The molecule has 2 aromatic heterocycles. The van der Waals surface area contributed by atoms with Crippen molar-refractivity contribution in [2.24, 2.45) is 0 Å². The standard InChI is InChI=1S/C25H22ClN4OP/c1-29(23-15-25-28-27-16-30(25)24-14-19(26)9-12-22(23)24)20-6-4-5-18(13-20)17-7-10-21(11-8-17)32(2,3)31/h4-16H,1-3H3. The van der Waals surface area contributed by atoms with Crippen LogP contribution in [0.3, 0.4) is 0 Å². The molecule has 7 heteroatoms. The summed E-state index contributed by atoms with van der Waals surface area (Å²) in [6.45, 7) is 3.59. The van der Waals surface area contributed by atoms with Gasteiger partial charge in [0.1, 0.15) is 13.5 Å². The lowest BCUT2D eigenvalue weighted by Gasteiger charge is -2.22. The van der Waals surface area contributed by atoms with Crippen LogP contribution in [0.4, 0.5) is 11.4 Å². The Morgan fingerprint density at radius 2 is 1.72 bits per heavy atom. The molecule has 5 nitrogen and oxygen atoms in total. The zero-order valence-corrected chi connectivity index (χ0v) is 19.7. The number of rotatable bonds is 4. The Hall–Kier alpha value is -3.14. The van der Waals surface area contributed by atoms with Crippen molar-refractivity contribution in [2.45, 2.75) is 0 Å². The molecule has 0 amide bonds. The Morgan fingerprint density at radius 3 is 2.47 bits per heavy atom.